The Labute approximate surface area is 165 Å². The van der Waals surface area contributed by atoms with E-state index in [4.69, 9.17) is 9.26 Å². The number of methoxy groups -OCH3 is 1. The zero-order chi connectivity index (χ0) is 20.4. The van der Waals surface area contributed by atoms with E-state index in [1.807, 2.05) is 0 Å². The number of hydrogen-bond donors (Lipinski definition) is 2. The molecule has 0 aliphatic carbocycles. The molecule has 0 bridgehead atoms. The summed E-state index contributed by atoms with van der Waals surface area (Å²) in [6, 6.07) is 13.8. The highest BCUT2D eigenvalue weighted by Crippen LogP contribution is 2.19. The number of nitrogens with zero attached hydrogens (tertiary/aromatic N) is 3. The van der Waals surface area contributed by atoms with Crippen LogP contribution < -0.4 is 15.4 Å². The molecule has 4 aromatic rings. The number of benzene rings is 1. The van der Waals surface area contributed by atoms with Crippen molar-refractivity contribution in [2.24, 2.45) is 0 Å². The summed E-state index contributed by atoms with van der Waals surface area (Å²) in [5, 5.41) is 9.13. The normalized spacial score (nSPS) is 10.7. The second-order valence-corrected chi connectivity index (χ2v) is 6.20. The highest BCUT2D eigenvalue weighted by Gasteiger charge is 2.22. The summed E-state index contributed by atoms with van der Waals surface area (Å²) >= 11 is 0. The van der Waals surface area contributed by atoms with E-state index in [1.165, 1.54) is 0 Å². The number of ether oxygens (including phenoxy) is 1. The maximum atomic E-state index is 12.8. The van der Waals surface area contributed by atoms with Gasteiger partial charge in [0.25, 0.3) is 11.8 Å². The van der Waals surface area contributed by atoms with Crippen LogP contribution in [-0.4, -0.2) is 33.5 Å². The lowest BCUT2D eigenvalue weighted by molar-refractivity contribution is 0.101. The van der Waals surface area contributed by atoms with Gasteiger partial charge in [0, 0.05) is 24.0 Å². The Hall–Kier alpha value is -4.14. The van der Waals surface area contributed by atoms with Crippen LogP contribution in [-0.2, 0) is 0 Å². The van der Waals surface area contributed by atoms with Crippen LogP contribution in [0, 0.1) is 6.92 Å². The van der Waals surface area contributed by atoms with Gasteiger partial charge in [-0.1, -0.05) is 17.3 Å². The maximum absolute atomic E-state index is 12.8. The minimum absolute atomic E-state index is 0.0740. The lowest BCUT2D eigenvalue weighted by Gasteiger charge is -2.06. The number of aromatic nitrogens is 3. The number of pyridine rings is 1. The van der Waals surface area contributed by atoms with Crippen molar-refractivity contribution in [2.45, 2.75) is 6.92 Å². The van der Waals surface area contributed by atoms with Gasteiger partial charge in [0.05, 0.1) is 12.6 Å². The summed E-state index contributed by atoms with van der Waals surface area (Å²) in [6.07, 6.45) is 1.67. The van der Waals surface area contributed by atoms with Crippen molar-refractivity contribution < 1.29 is 18.8 Å². The van der Waals surface area contributed by atoms with E-state index < -0.39 is 11.8 Å². The number of aryl methyl sites for hydroxylation is 1. The summed E-state index contributed by atoms with van der Waals surface area (Å²) in [7, 11) is 1.55. The molecule has 0 saturated carbocycles. The molecule has 146 valence electrons. The van der Waals surface area contributed by atoms with Crippen LogP contribution in [0.3, 0.4) is 0 Å². The second-order valence-electron chi connectivity index (χ2n) is 6.20. The van der Waals surface area contributed by atoms with Crippen molar-refractivity contribution >= 4 is 28.8 Å². The fourth-order valence-corrected chi connectivity index (χ4v) is 2.85. The van der Waals surface area contributed by atoms with Gasteiger partial charge < -0.3 is 19.9 Å². The van der Waals surface area contributed by atoms with Crippen molar-refractivity contribution in [3.05, 3.63) is 72.0 Å². The van der Waals surface area contributed by atoms with Crippen molar-refractivity contribution in [3.63, 3.8) is 0 Å². The summed E-state index contributed by atoms with van der Waals surface area (Å²) in [4.78, 5) is 29.8. The Morgan fingerprint density at radius 1 is 1.07 bits per heavy atom. The van der Waals surface area contributed by atoms with Gasteiger partial charge in [-0.3, -0.25) is 14.0 Å². The van der Waals surface area contributed by atoms with Gasteiger partial charge in [-0.2, -0.15) is 0 Å². The van der Waals surface area contributed by atoms with Crippen LogP contribution >= 0.6 is 0 Å². The standard InChI is InChI=1S/C20H17N5O4/c1-12-10-16(24-29-12)22-19(26)17-15-8-3-4-9-25(15)18(23-17)20(27)21-13-6-5-7-14(11-13)28-2/h3-11H,1-2H3,(H,21,27)(H,22,24,26). The number of anilines is 2. The first-order valence-electron chi connectivity index (χ1n) is 8.72. The molecule has 0 saturated heterocycles. The molecule has 0 fully saturated rings. The molecule has 9 nitrogen and oxygen atoms in total. The largest absolute Gasteiger partial charge is 0.497 e. The van der Waals surface area contributed by atoms with Crippen molar-refractivity contribution in [1.29, 1.82) is 0 Å². The third-order valence-corrected chi connectivity index (χ3v) is 4.16. The first-order valence-corrected chi connectivity index (χ1v) is 8.72. The smallest absolute Gasteiger partial charge is 0.292 e. The minimum Gasteiger partial charge on any atom is -0.497 e. The number of imidazole rings is 1. The van der Waals surface area contributed by atoms with E-state index in [0.29, 0.717) is 22.7 Å². The van der Waals surface area contributed by atoms with Gasteiger partial charge in [0.15, 0.2) is 11.5 Å². The van der Waals surface area contributed by atoms with Crippen LogP contribution in [0.5, 0.6) is 5.75 Å². The number of fused-ring (bicyclic) bond motifs is 1. The van der Waals surface area contributed by atoms with Gasteiger partial charge in [0.2, 0.25) is 5.82 Å². The number of hydrogen-bond acceptors (Lipinski definition) is 6. The first-order chi connectivity index (χ1) is 14.0. The van der Waals surface area contributed by atoms with Crippen LogP contribution in [0.2, 0.25) is 0 Å². The Kier molecular flexibility index (Phi) is 4.70. The monoisotopic (exact) mass is 391 g/mol. The van der Waals surface area contributed by atoms with Crippen LogP contribution in [0.4, 0.5) is 11.5 Å². The number of amides is 2. The molecular weight excluding hydrogens is 374 g/mol. The van der Waals surface area contributed by atoms with Crippen molar-refractivity contribution in [3.8, 4) is 5.75 Å². The van der Waals surface area contributed by atoms with Gasteiger partial charge in [-0.15, -0.1) is 0 Å². The van der Waals surface area contributed by atoms with Gasteiger partial charge in [-0.05, 0) is 31.2 Å². The summed E-state index contributed by atoms with van der Waals surface area (Å²) in [5.41, 5.74) is 1.13. The zero-order valence-electron chi connectivity index (χ0n) is 15.7. The molecule has 0 radical (unpaired) electrons. The average molecular weight is 391 g/mol. The molecule has 0 unspecified atom stereocenters. The predicted octanol–water partition coefficient (Wildman–Crippen LogP) is 3.14. The molecule has 1 aromatic carbocycles. The molecule has 0 aliphatic heterocycles. The zero-order valence-corrected chi connectivity index (χ0v) is 15.7. The molecule has 4 rings (SSSR count). The second kappa shape index (κ2) is 7.47. The van der Waals surface area contributed by atoms with Crippen LogP contribution in [0.15, 0.2) is 59.3 Å². The number of carbonyl (C=O) groups excluding carboxylic acids is 2. The molecule has 0 aliphatic rings. The molecule has 3 heterocycles. The molecule has 0 spiro atoms. The molecule has 29 heavy (non-hydrogen) atoms. The fraction of sp³-hybridized carbons (Fsp3) is 0.100. The fourth-order valence-electron chi connectivity index (χ4n) is 2.85. The Balaban J connectivity index is 1.66. The third-order valence-electron chi connectivity index (χ3n) is 4.16. The van der Waals surface area contributed by atoms with E-state index in [-0.39, 0.29) is 17.3 Å². The SMILES string of the molecule is COc1cccc(NC(=O)c2nc(C(=O)Nc3cc(C)on3)c3ccccn23)c1. The quantitative estimate of drug-likeness (QED) is 0.541. The summed E-state index contributed by atoms with van der Waals surface area (Å²) < 4.78 is 11.7. The lowest BCUT2D eigenvalue weighted by Crippen LogP contribution is -2.16. The van der Waals surface area contributed by atoms with E-state index in [1.54, 1.807) is 73.2 Å². The molecule has 0 atom stereocenters. The summed E-state index contributed by atoms with van der Waals surface area (Å²) in [5.74, 6) is 0.558. The molecular formula is C20H17N5O4. The van der Waals surface area contributed by atoms with E-state index in [0.717, 1.165) is 0 Å². The molecule has 3 aromatic heterocycles. The average Bonchev–Trinajstić information content (AvgIpc) is 3.31. The van der Waals surface area contributed by atoms with Gasteiger partial charge in [0.1, 0.15) is 11.5 Å². The highest BCUT2D eigenvalue weighted by molar-refractivity contribution is 6.10. The van der Waals surface area contributed by atoms with Crippen molar-refractivity contribution in [2.75, 3.05) is 17.7 Å². The predicted molar refractivity (Wildman–Crippen MR) is 105 cm³/mol. The minimum atomic E-state index is -0.498. The van der Waals surface area contributed by atoms with E-state index in [9.17, 15) is 9.59 Å². The Bertz CT molecular complexity index is 1210. The van der Waals surface area contributed by atoms with Crippen LogP contribution in [0.1, 0.15) is 26.9 Å². The van der Waals surface area contributed by atoms with E-state index in [2.05, 4.69) is 20.8 Å². The number of carbonyl (C=O) groups is 2. The van der Waals surface area contributed by atoms with Crippen LogP contribution in [0.25, 0.3) is 5.52 Å². The van der Waals surface area contributed by atoms with E-state index >= 15 is 0 Å². The van der Waals surface area contributed by atoms with Gasteiger partial charge >= 0.3 is 0 Å². The Morgan fingerprint density at radius 3 is 2.69 bits per heavy atom. The topological polar surface area (TPSA) is 111 Å². The van der Waals surface area contributed by atoms with Crippen molar-refractivity contribution in [1.82, 2.24) is 14.5 Å². The number of rotatable bonds is 5. The maximum Gasteiger partial charge on any atom is 0.292 e. The first kappa shape index (κ1) is 18.2. The molecule has 2 N–H and O–H groups in total. The lowest BCUT2D eigenvalue weighted by atomic mass is 10.3. The molecule has 2 amide bonds. The summed E-state index contributed by atoms with van der Waals surface area (Å²) in [6.45, 7) is 1.72. The number of nitrogens with one attached hydrogen (secondary N) is 2. The van der Waals surface area contributed by atoms with Gasteiger partial charge in [-0.25, -0.2) is 4.98 Å². The Morgan fingerprint density at radius 2 is 1.93 bits per heavy atom. The highest BCUT2D eigenvalue weighted by atomic mass is 16.5. The third kappa shape index (κ3) is 3.65. The molecule has 9 heteroatoms.